The first kappa shape index (κ1) is 13.3. The van der Waals surface area contributed by atoms with E-state index in [0.29, 0.717) is 12.1 Å². The number of fused-ring (bicyclic) bond motifs is 1. The molecule has 0 aliphatic heterocycles. The third-order valence-electron chi connectivity index (χ3n) is 3.74. The number of aromatic nitrogens is 1. The van der Waals surface area contributed by atoms with Crippen LogP contribution in [0.3, 0.4) is 0 Å². The number of hydrogen-bond acceptors (Lipinski definition) is 3. The molecule has 1 aliphatic rings. The fourth-order valence-corrected chi connectivity index (χ4v) is 4.56. The van der Waals surface area contributed by atoms with Crippen LogP contribution in [-0.4, -0.2) is 4.98 Å². The van der Waals surface area contributed by atoms with Crippen LogP contribution in [0.4, 0.5) is 0 Å². The molecular weight excluding hydrogens is 320 g/mol. The predicted octanol–water partition coefficient (Wildman–Crippen LogP) is 4.63. The number of aryl methyl sites for hydroxylation is 1. The highest BCUT2D eigenvalue weighted by atomic mass is 79.9. The summed E-state index contributed by atoms with van der Waals surface area (Å²) in [7, 11) is 0. The van der Waals surface area contributed by atoms with Gasteiger partial charge < -0.3 is 5.32 Å². The van der Waals surface area contributed by atoms with Crippen LogP contribution in [0.5, 0.6) is 0 Å². The van der Waals surface area contributed by atoms with E-state index in [1.165, 1.54) is 39.1 Å². The molecule has 2 atom stereocenters. The Balaban J connectivity index is 1.77. The van der Waals surface area contributed by atoms with Gasteiger partial charge in [-0.2, -0.15) is 0 Å². The molecule has 2 nitrogen and oxygen atoms in total. The van der Waals surface area contributed by atoms with Gasteiger partial charge in [0.25, 0.3) is 0 Å². The van der Waals surface area contributed by atoms with Gasteiger partial charge in [0.1, 0.15) is 0 Å². The first-order chi connectivity index (χ1) is 9.24. The average molecular weight is 337 g/mol. The van der Waals surface area contributed by atoms with E-state index in [-0.39, 0.29) is 0 Å². The van der Waals surface area contributed by atoms with Crippen LogP contribution in [0.25, 0.3) is 0 Å². The zero-order valence-electron chi connectivity index (χ0n) is 10.9. The Morgan fingerprint density at radius 2 is 2.21 bits per heavy atom. The summed E-state index contributed by atoms with van der Waals surface area (Å²) in [5, 5.41) is 3.76. The van der Waals surface area contributed by atoms with Crippen molar-refractivity contribution in [2.75, 3.05) is 0 Å². The van der Waals surface area contributed by atoms with Crippen molar-refractivity contribution >= 4 is 27.3 Å². The number of pyridine rings is 1. The highest BCUT2D eigenvalue weighted by Crippen LogP contribution is 2.38. The van der Waals surface area contributed by atoms with Crippen LogP contribution in [0, 0.1) is 0 Å². The van der Waals surface area contributed by atoms with Crippen molar-refractivity contribution in [3.8, 4) is 0 Å². The molecule has 0 radical (unpaired) electrons. The Hall–Kier alpha value is -0.710. The quantitative estimate of drug-likeness (QED) is 0.883. The van der Waals surface area contributed by atoms with E-state index in [0.717, 1.165) is 0 Å². The second-order valence-corrected chi connectivity index (χ2v) is 7.56. The minimum Gasteiger partial charge on any atom is -0.303 e. The Kier molecular flexibility index (Phi) is 4.01. The maximum atomic E-state index is 4.08. The Bertz CT molecular complexity index is 553. The van der Waals surface area contributed by atoms with Crippen LogP contribution in [0.15, 0.2) is 34.4 Å². The minimum atomic E-state index is 0.359. The second-order valence-electron chi connectivity index (χ2n) is 5.04. The van der Waals surface area contributed by atoms with Gasteiger partial charge in [0.15, 0.2) is 0 Å². The lowest BCUT2D eigenvalue weighted by Gasteiger charge is -2.27. The van der Waals surface area contributed by atoms with Gasteiger partial charge in [-0.3, -0.25) is 4.98 Å². The lowest BCUT2D eigenvalue weighted by atomic mass is 9.93. The molecule has 100 valence electrons. The number of nitrogens with zero attached hydrogens (tertiary/aromatic N) is 1. The molecule has 2 unspecified atom stereocenters. The molecule has 1 aliphatic carbocycles. The summed E-state index contributed by atoms with van der Waals surface area (Å²) in [5.41, 5.74) is 2.79. The van der Waals surface area contributed by atoms with Gasteiger partial charge in [-0.25, -0.2) is 0 Å². The van der Waals surface area contributed by atoms with Crippen molar-refractivity contribution in [3.63, 3.8) is 0 Å². The Morgan fingerprint density at radius 3 is 3.00 bits per heavy atom. The van der Waals surface area contributed by atoms with Gasteiger partial charge in [0, 0.05) is 29.4 Å². The van der Waals surface area contributed by atoms with Crippen molar-refractivity contribution in [1.82, 2.24) is 10.3 Å². The molecule has 4 heteroatoms. The molecule has 0 saturated carbocycles. The maximum absolute atomic E-state index is 4.08. The monoisotopic (exact) mass is 336 g/mol. The van der Waals surface area contributed by atoms with E-state index in [2.05, 4.69) is 51.4 Å². The summed E-state index contributed by atoms with van der Waals surface area (Å²) in [6.07, 6.45) is 7.46. The topological polar surface area (TPSA) is 24.9 Å². The van der Waals surface area contributed by atoms with Crippen molar-refractivity contribution in [2.24, 2.45) is 0 Å². The number of halogens is 1. The average Bonchev–Trinajstić information content (AvgIpc) is 2.81. The van der Waals surface area contributed by atoms with E-state index < -0.39 is 0 Å². The Morgan fingerprint density at radius 1 is 1.42 bits per heavy atom. The molecule has 2 heterocycles. The lowest BCUT2D eigenvalue weighted by molar-refractivity contribution is 0.418. The van der Waals surface area contributed by atoms with Gasteiger partial charge in [0.2, 0.25) is 0 Å². The molecule has 0 bridgehead atoms. The van der Waals surface area contributed by atoms with Gasteiger partial charge in [-0.05, 0) is 71.4 Å². The largest absolute Gasteiger partial charge is 0.303 e. The van der Waals surface area contributed by atoms with Crippen molar-refractivity contribution in [3.05, 3.63) is 50.4 Å². The molecule has 0 amide bonds. The predicted molar refractivity (Wildman–Crippen MR) is 83.5 cm³/mol. The van der Waals surface area contributed by atoms with Gasteiger partial charge >= 0.3 is 0 Å². The van der Waals surface area contributed by atoms with E-state index in [9.17, 15) is 0 Å². The van der Waals surface area contributed by atoms with E-state index >= 15 is 0 Å². The zero-order valence-corrected chi connectivity index (χ0v) is 13.3. The third kappa shape index (κ3) is 2.91. The van der Waals surface area contributed by atoms with Crippen LogP contribution < -0.4 is 5.32 Å². The number of hydrogen-bond donors (Lipinski definition) is 1. The molecule has 0 fully saturated rings. The van der Waals surface area contributed by atoms with Gasteiger partial charge in [-0.1, -0.05) is 0 Å². The first-order valence-electron chi connectivity index (χ1n) is 6.68. The van der Waals surface area contributed by atoms with Crippen molar-refractivity contribution < 1.29 is 0 Å². The smallest absolute Gasteiger partial charge is 0.0704 e. The summed E-state index contributed by atoms with van der Waals surface area (Å²) in [4.78, 5) is 5.62. The summed E-state index contributed by atoms with van der Waals surface area (Å²) in [6.45, 7) is 2.23. The van der Waals surface area contributed by atoms with E-state index in [1.807, 2.05) is 23.7 Å². The van der Waals surface area contributed by atoms with Gasteiger partial charge in [-0.15, -0.1) is 11.3 Å². The SMILES string of the molecule is CC(NC1CCCc2sc(Br)cc21)c1ccncc1. The fourth-order valence-electron chi connectivity index (χ4n) is 2.74. The highest BCUT2D eigenvalue weighted by molar-refractivity contribution is 9.11. The first-order valence-corrected chi connectivity index (χ1v) is 8.29. The molecular formula is C15H17BrN2S. The molecule has 19 heavy (non-hydrogen) atoms. The highest BCUT2D eigenvalue weighted by Gasteiger charge is 2.23. The van der Waals surface area contributed by atoms with Crippen LogP contribution in [0.2, 0.25) is 0 Å². The van der Waals surface area contributed by atoms with E-state index in [4.69, 9.17) is 0 Å². The van der Waals surface area contributed by atoms with Crippen LogP contribution in [0.1, 0.15) is 47.9 Å². The lowest BCUT2D eigenvalue weighted by Crippen LogP contribution is -2.27. The number of thiophene rings is 1. The molecule has 1 N–H and O–H groups in total. The summed E-state index contributed by atoms with van der Waals surface area (Å²) >= 11 is 5.50. The fraction of sp³-hybridized carbons (Fsp3) is 0.400. The van der Waals surface area contributed by atoms with E-state index in [1.54, 1.807) is 0 Å². The van der Waals surface area contributed by atoms with Crippen molar-refractivity contribution in [2.45, 2.75) is 38.3 Å². The van der Waals surface area contributed by atoms with Crippen molar-refractivity contribution in [1.29, 1.82) is 0 Å². The summed E-state index contributed by atoms with van der Waals surface area (Å²) in [5.74, 6) is 0. The molecule has 2 aromatic heterocycles. The molecule has 0 saturated heterocycles. The third-order valence-corrected chi connectivity index (χ3v) is 5.45. The van der Waals surface area contributed by atoms with Crippen LogP contribution >= 0.6 is 27.3 Å². The molecule has 0 aromatic carbocycles. The normalized spacial score (nSPS) is 20.0. The minimum absolute atomic E-state index is 0.359. The maximum Gasteiger partial charge on any atom is 0.0704 e. The molecule has 3 rings (SSSR count). The second kappa shape index (κ2) is 5.73. The van der Waals surface area contributed by atoms with Crippen LogP contribution in [-0.2, 0) is 6.42 Å². The number of nitrogens with one attached hydrogen (secondary N) is 1. The molecule has 0 spiro atoms. The summed E-state index contributed by atoms with van der Waals surface area (Å²) in [6, 6.07) is 7.30. The van der Waals surface area contributed by atoms with Gasteiger partial charge in [0.05, 0.1) is 3.79 Å². The summed E-state index contributed by atoms with van der Waals surface area (Å²) < 4.78 is 1.25. The zero-order chi connectivity index (χ0) is 13.2. The Labute approximate surface area is 126 Å². The standard InChI is InChI=1S/C15H17BrN2S/c1-10(11-5-7-17-8-6-11)18-13-3-2-4-14-12(13)9-15(16)19-14/h5-10,13,18H,2-4H2,1H3. The molecule has 2 aromatic rings. The number of rotatable bonds is 3.